The van der Waals surface area contributed by atoms with E-state index in [1.807, 2.05) is 22.9 Å². The number of hydrogen-bond donors (Lipinski definition) is 1. The maximum atomic E-state index is 5.06. The fraction of sp³-hybridized carbons (Fsp3) is 0.786. The molecular weight excluding hydrogens is 440 g/mol. The predicted molar refractivity (Wildman–Crippen MR) is 148 cm³/mol. The van der Waals surface area contributed by atoms with Crippen LogP contribution < -0.4 is 5.73 Å². The molecule has 5 nitrogen and oxygen atoms in total. The molecule has 0 bridgehead atoms. The highest BCUT2D eigenvalue weighted by Gasteiger charge is 2.02. The monoisotopic (exact) mass is 492 g/mol. The van der Waals surface area contributed by atoms with Crippen LogP contribution in [0, 0.1) is 6.92 Å². The summed E-state index contributed by atoms with van der Waals surface area (Å²) in [5, 5.41) is 7.39. The van der Waals surface area contributed by atoms with Crippen LogP contribution in [0.4, 0.5) is 5.95 Å². The fourth-order valence-corrected chi connectivity index (χ4v) is 4.75. The molecule has 0 aromatic carbocycles. The first-order valence-electron chi connectivity index (χ1n) is 14.0. The van der Waals surface area contributed by atoms with Gasteiger partial charge in [-0.05, 0) is 48.4 Å². The van der Waals surface area contributed by atoms with Crippen LogP contribution in [0.2, 0.25) is 0 Å². The molecule has 1 saturated heterocycles. The lowest BCUT2D eigenvalue weighted by molar-refractivity contribution is 0.273. The second kappa shape index (κ2) is 23.3. The van der Waals surface area contributed by atoms with Crippen LogP contribution in [0.25, 0.3) is 0 Å². The van der Waals surface area contributed by atoms with E-state index < -0.39 is 0 Å². The minimum Gasteiger partial charge on any atom is -0.365 e. The Hall–Kier alpha value is -1.40. The highest BCUT2D eigenvalue weighted by Crippen LogP contribution is 2.15. The first-order valence-corrected chi connectivity index (χ1v) is 14.9. The highest BCUT2D eigenvalue weighted by atomic mass is 32.1. The third-order valence-electron chi connectivity index (χ3n) is 6.36. The van der Waals surface area contributed by atoms with E-state index in [0.29, 0.717) is 5.89 Å². The van der Waals surface area contributed by atoms with Crippen molar-refractivity contribution in [1.29, 1.82) is 0 Å². The van der Waals surface area contributed by atoms with Gasteiger partial charge in [0.05, 0.1) is 0 Å². The molecule has 0 atom stereocenters. The molecule has 1 aliphatic rings. The lowest BCUT2D eigenvalue weighted by Gasteiger charge is -2.20. The van der Waals surface area contributed by atoms with Crippen molar-refractivity contribution in [3.63, 3.8) is 0 Å². The average Bonchev–Trinajstić information content (AvgIpc) is 3.54. The van der Waals surface area contributed by atoms with Crippen molar-refractivity contribution in [2.45, 2.75) is 123 Å². The molecule has 34 heavy (non-hydrogen) atoms. The number of hydrogen-bond acceptors (Lipinski definition) is 6. The molecular formula is C28H52N4OS. The second-order valence-corrected chi connectivity index (χ2v) is 10.2. The first kappa shape index (κ1) is 30.6. The number of anilines is 1. The zero-order chi connectivity index (χ0) is 24.5. The minimum atomic E-state index is 0.192. The molecule has 0 aliphatic carbocycles. The van der Waals surface area contributed by atoms with Crippen molar-refractivity contribution in [3.05, 3.63) is 28.8 Å². The Kier molecular flexibility index (Phi) is 21.0. The Bertz CT molecular complexity index is 578. The quantitative estimate of drug-likeness (QED) is 0.431. The van der Waals surface area contributed by atoms with Crippen LogP contribution in [0.3, 0.4) is 0 Å². The van der Waals surface area contributed by atoms with Crippen molar-refractivity contribution in [2.24, 2.45) is 0 Å². The van der Waals surface area contributed by atoms with Gasteiger partial charge in [-0.1, -0.05) is 115 Å². The fourth-order valence-electron chi connectivity index (χ4n) is 4.29. The molecule has 2 aromatic rings. The maximum absolute atomic E-state index is 5.06. The molecule has 0 spiro atoms. The summed E-state index contributed by atoms with van der Waals surface area (Å²) < 4.78 is 4.48. The molecule has 196 valence electrons. The van der Waals surface area contributed by atoms with Crippen LogP contribution in [0.5, 0.6) is 0 Å². The number of aryl methyl sites for hydroxylation is 1. The Morgan fingerprint density at radius 3 is 1.32 bits per heavy atom. The topological polar surface area (TPSA) is 68.2 Å². The number of thiophene rings is 1. The SMILES string of the molecule is CCN1CCCCCCCCCCCCCCCCCCC1.Cc1nc(N)no1.c1ccsc1. The van der Waals surface area contributed by atoms with Gasteiger partial charge in [-0.25, -0.2) is 0 Å². The summed E-state index contributed by atoms with van der Waals surface area (Å²) in [6, 6.07) is 4.04. The van der Waals surface area contributed by atoms with Crippen LogP contribution in [0.1, 0.15) is 122 Å². The van der Waals surface area contributed by atoms with Crippen molar-refractivity contribution in [2.75, 3.05) is 25.4 Å². The van der Waals surface area contributed by atoms with Gasteiger partial charge < -0.3 is 15.2 Å². The van der Waals surface area contributed by atoms with Gasteiger partial charge in [-0.3, -0.25) is 0 Å². The Morgan fingerprint density at radius 1 is 0.735 bits per heavy atom. The molecule has 0 unspecified atom stereocenters. The predicted octanol–water partition coefficient (Wildman–Crippen LogP) is 8.66. The van der Waals surface area contributed by atoms with Crippen molar-refractivity contribution < 1.29 is 4.52 Å². The van der Waals surface area contributed by atoms with Crippen LogP contribution in [-0.4, -0.2) is 34.7 Å². The zero-order valence-corrected chi connectivity index (χ0v) is 23.0. The molecule has 1 aliphatic heterocycles. The van der Waals surface area contributed by atoms with E-state index in [2.05, 4.69) is 26.5 Å². The van der Waals surface area contributed by atoms with Crippen molar-refractivity contribution >= 4 is 17.3 Å². The number of nitrogens with zero attached hydrogens (tertiary/aromatic N) is 3. The summed E-state index contributed by atoms with van der Waals surface area (Å²) >= 11 is 1.71. The molecule has 3 heterocycles. The van der Waals surface area contributed by atoms with Gasteiger partial charge in [0.25, 0.3) is 5.95 Å². The van der Waals surface area contributed by atoms with E-state index in [-0.39, 0.29) is 5.95 Å². The summed E-state index contributed by atoms with van der Waals surface area (Å²) in [4.78, 5) is 6.29. The van der Waals surface area contributed by atoms with Gasteiger partial charge in [0.15, 0.2) is 0 Å². The average molecular weight is 493 g/mol. The van der Waals surface area contributed by atoms with E-state index >= 15 is 0 Å². The van der Waals surface area contributed by atoms with Gasteiger partial charge >= 0.3 is 0 Å². The van der Waals surface area contributed by atoms with Gasteiger partial charge in [-0.15, -0.1) is 0 Å². The van der Waals surface area contributed by atoms with E-state index in [1.54, 1.807) is 18.3 Å². The summed E-state index contributed by atoms with van der Waals surface area (Å²) in [5.74, 6) is 0.690. The molecule has 0 saturated carbocycles. The van der Waals surface area contributed by atoms with E-state index in [4.69, 9.17) is 5.73 Å². The molecule has 2 N–H and O–H groups in total. The number of nitrogens with two attached hydrogens (primary N) is 1. The Labute approximate surface area is 213 Å². The smallest absolute Gasteiger partial charge is 0.260 e. The number of aromatic nitrogens is 2. The third-order valence-corrected chi connectivity index (χ3v) is 6.99. The lowest BCUT2D eigenvalue weighted by atomic mass is 10.0. The number of nitrogen functional groups attached to an aromatic ring is 1. The third kappa shape index (κ3) is 20.0. The molecule has 1 fully saturated rings. The molecule has 6 heteroatoms. The van der Waals surface area contributed by atoms with Crippen LogP contribution >= 0.6 is 11.3 Å². The van der Waals surface area contributed by atoms with Gasteiger partial charge in [0, 0.05) is 6.92 Å². The van der Waals surface area contributed by atoms with Crippen LogP contribution in [0.15, 0.2) is 27.4 Å². The van der Waals surface area contributed by atoms with E-state index in [1.165, 1.54) is 129 Å². The maximum Gasteiger partial charge on any atom is 0.260 e. The minimum absolute atomic E-state index is 0.192. The summed E-state index contributed by atoms with van der Waals surface area (Å²) in [5.41, 5.74) is 5.06. The lowest BCUT2D eigenvalue weighted by Crippen LogP contribution is -2.25. The van der Waals surface area contributed by atoms with Crippen molar-refractivity contribution in [3.8, 4) is 0 Å². The van der Waals surface area contributed by atoms with Gasteiger partial charge in [-0.2, -0.15) is 16.3 Å². The van der Waals surface area contributed by atoms with Crippen molar-refractivity contribution in [1.82, 2.24) is 15.0 Å². The molecule has 2 aromatic heterocycles. The highest BCUT2D eigenvalue weighted by molar-refractivity contribution is 7.07. The van der Waals surface area contributed by atoms with E-state index in [0.717, 1.165) is 0 Å². The largest absolute Gasteiger partial charge is 0.365 e. The molecule has 0 amide bonds. The number of rotatable bonds is 1. The standard InChI is InChI=1S/C21H43N.C4H4S.C3H5N3O/c1-2-22-20-18-16-14-12-10-8-6-4-3-5-7-9-11-13-15-17-19-21-22;1-2-4-5-3-1;1-2-5-3(4)6-7-2/h2-21H2,1H3;1-4H;1H3,(H2,4,6). The summed E-state index contributed by atoms with van der Waals surface area (Å²) in [6.45, 7) is 7.95. The van der Waals surface area contributed by atoms with Gasteiger partial charge in [0.1, 0.15) is 0 Å². The Balaban J connectivity index is 0.000000385. The second-order valence-electron chi connectivity index (χ2n) is 9.41. The first-order chi connectivity index (χ1) is 16.7. The normalized spacial score (nSPS) is 18.5. The molecule has 0 radical (unpaired) electrons. The summed E-state index contributed by atoms with van der Waals surface area (Å²) in [6.07, 6.45) is 25.1. The van der Waals surface area contributed by atoms with Gasteiger partial charge in [0.2, 0.25) is 5.89 Å². The molecule has 3 rings (SSSR count). The zero-order valence-electron chi connectivity index (χ0n) is 22.2. The van der Waals surface area contributed by atoms with E-state index in [9.17, 15) is 0 Å². The van der Waals surface area contributed by atoms with Crippen LogP contribution in [-0.2, 0) is 0 Å². The Morgan fingerprint density at radius 2 is 1.12 bits per heavy atom. The summed E-state index contributed by atoms with van der Waals surface area (Å²) in [7, 11) is 0.